The first-order valence-corrected chi connectivity index (χ1v) is 8.97. The Morgan fingerprint density at radius 2 is 1.93 bits per heavy atom. The molecule has 1 aliphatic heterocycles. The molecule has 28 heavy (non-hydrogen) atoms. The van der Waals surface area contributed by atoms with Crippen molar-refractivity contribution in [1.82, 2.24) is 10.2 Å². The molecule has 0 aliphatic carbocycles. The van der Waals surface area contributed by atoms with Crippen LogP contribution in [0.1, 0.15) is 56.6 Å². The molecule has 0 radical (unpaired) electrons. The van der Waals surface area contributed by atoms with Gasteiger partial charge in [0.2, 0.25) is 0 Å². The molecule has 2 aromatic rings. The van der Waals surface area contributed by atoms with E-state index in [1.165, 1.54) is 24.5 Å². The van der Waals surface area contributed by atoms with Gasteiger partial charge in [0.15, 0.2) is 6.61 Å². The highest BCUT2D eigenvalue weighted by Crippen LogP contribution is 2.26. The lowest BCUT2D eigenvalue weighted by molar-refractivity contribution is -0.124. The molecule has 8 nitrogen and oxygen atoms in total. The van der Waals surface area contributed by atoms with Gasteiger partial charge in [-0.3, -0.25) is 19.3 Å². The predicted molar refractivity (Wildman–Crippen MR) is 97.6 cm³/mol. The molecule has 1 aliphatic rings. The molecule has 0 bridgehead atoms. The van der Waals surface area contributed by atoms with Gasteiger partial charge >= 0.3 is 5.97 Å². The lowest BCUT2D eigenvalue weighted by atomic mass is 10.1. The highest BCUT2D eigenvalue weighted by atomic mass is 16.5. The number of unbranched alkanes of at least 4 members (excludes halogenated alkanes) is 1. The van der Waals surface area contributed by atoms with Crippen molar-refractivity contribution >= 4 is 23.7 Å². The smallest absolute Gasteiger partial charge is 0.338 e. The van der Waals surface area contributed by atoms with Gasteiger partial charge in [-0.1, -0.05) is 13.3 Å². The summed E-state index contributed by atoms with van der Waals surface area (Å²) in [6.07, 6.45) is 3.24. The van der Waals surface area contributed by atoms with Gasteiger partial charge in [0.25, 0.3) is 17.7 Å². The van der Waals surface area contributed by atoms with Crippen molar-refractivity contribution in [2.24, 2.45) is 0 Å². The number of furan rings is 1. The molecule has 3 rings (SSSR count). The van der Waals surface area contributed by atoms with E-state index >= 15 is 0 Å². The molecule has 146 valence electrons. The minimum Gasteiger partial charge on any atom is -0.467 e. The topological polar surface area (TPSA) is 106 Å². The van der Waals surface area contributed by atoms with Crippen LogP contribution in [0.4, 0.5) is 0 Å². The van der Waals surface area contributed by atoms with Crippen molar-refractivity contribution in [3.63, 3.8) is 0 Å². The van der Waals surface area contributed by atoms with Crippen LogP contribution >= 0.6 is 0 Å². The minimum absolute atomic E-state index is 0.0110. The van der Waals surface area contributed by atoms with Gasteiger partial charge in [0, 0.05) is 6.54 Å². The number of rotatable bonds is 8. The van der Waals surface area contributed by atoms with Crippen LogP contribution in [-0.4, -0.2) is 41.7 Å². The van der Waals surface area contributed by atoms with Crippen molar-refractivity contribution in [2.75, 3.05) is 13.2 Å². The third-order valence-electron chi connectivity index (χ3n) is 4.29. The summed E-state index contributed by atoms with van der Waals surface area (Å²) in [5, 5.41) is 2.64. The summed E-state index contributed by atoms with van der Waals surface area (Å²) < 4.78 is 10.2. The van der Waals surface area contributed by atoms with Gasteiger partial charge in [-0.25, -0.2) is 4.79 Å². The van der Waals surface area contributed by atoms with E-state index in [-0.39, 0.29) is 29.1 Å². The SMILES string of the molecule is CCCCNC(=O)COC(=O)c1ccc2c(c1)C(=O)N(Cc1ccco1)C2=O. The molecule has 1 aromatic carbocycles. The van der Waals surface area contributed by atoms with Gasteiger partial charge < -0.3 is 14.5 Å². The van der Waals surface area contributed by atoms with Crippen LogP contribution < -0.4 is 5.32 Å². The Labute approximate surface area is 161 Å². The van der Waals surface area contributed by atoms with E-state index in [0.717, 1.165) is 17.7 Å². The van der Waals surface area contributed by atoms with Gasteiger partial charge in [-0.2, -0.15) is 0 Å². The van der Waals surface area contributed by atoms with E-state index in [1.807, 2.05) is 6.92 Å². The average molecular weight is 384 g/mol. The quantitative estimate of drug-likeness (QED) is 0.425. The molecule has 1 aromatic heterocycles. The van der Waals surface area contributed by atoms with Crippen molar-refractivity contribution in [3.8, 4) is 0 Å². The third-order valence-corrected chi connectivity index (χ3v) is 4.29. The van der Waals surface area contributed by atoms with Crippen molar-refractivity contribution in [1.29, 1.82) is 0 Å². The zero-order valence-corrected chi connectivity index (χ0v) is 15.4. The lowest BCUT2D eigenvalue weighted by Gasteiger charge is -2.11. The first kappa shape index (κ1) is 19.3. The second kappa shape index (κ2) is 8.51. The van der Waals surface area contributed by atoms with Gasteiger partial charge in [0.1, 0.15) is 5.76 Å². The standard InChI is InChI=1S/C20H20N2O6/c1-2-3-8-21-17(23)12-28-20(26)13-6-7-15-16(10-13)19(25)22(18(15)24)11-14-5-4-9-27-14/h4-7,9-10H,2-3,8,11-12H2,1H3,(H,21,23). The summed E-state index contributed by atoms with van der Waals surface area (Å²) in [5.41, 5.74) is 0.435. The number of hydrogen-bond donors (Lipinski definition) is 1. The van der Waals surface area contributed by atoms with E-state index in [2.05, 4.69) is 5.32 Å². The van der Waals surface area contributed by atoms with Crippen LogP contribution in [-0.2, 0) is 16.1 Å². The summed E-state index contributed by atoms with van der Waals surface area (Å²) in [5.74, 6) is -1.62. The molecule has 1 N–H and O–H groups in total. The fourth-order valence-corrected chi connectivity index (χ4v) is 2.79. The van der Waals surface area contributed by atoms with E-state index in [4.69, 9.17) is 9.15 Å². The molecule has 0 fully saturated rings. The summed E-state index contributed by atoms with van der Waals surface area (Å²) >= 11 is 0. The number of amides is 3. The van der Waals surface area contributed by atoms with Crippen molar-refractivity contribution < 1.29 is 28.3 Å². The highest BCUT2D eigenvalue weighted by molar-refractivity contribution is 6.21. The van der Waals surface area contributed by atoms with Gasteiger partial charge in [-0.15, -0.1) is 0 Å². The zero-order valence-electron chi connectivity index (χ0n) is 15.4. The third kappa shape index (κ3) is 4.11. The number of carbonyl (C=O) groups is 4. The molecule has 3 amide bonds. The number of carbonyl (C=O) groups excluding carboxylic acids is 4. The van der Waals surface area contributed by atoms with Crippen molar-refractivity contribution in [2.45, 2.75) is 26.3 Å². The number of benzene rings is 1. The summed E-state index contributed by atoms with van der Waals surface area (Å²) in [4.78, 5) is 49.9. The largest absolute Gasteiger partial charge is 0.467 e. The molecular formula is C20H20N2O6. The van der Waals surface area contributed by atoms with E-state index in [0.29, 0.717) is 12.3 Å². The molecule has 0 saturated heterocycles. The summed E-state index contributed by atoms with van der Waals surface area (Å²) in [7, 11) is 0. The van der Waals surface area contributed by atoms with Crippen LogP contribution in [0.5, 0.6) is 0 Å². The molecular weight excluding hydrogens is 364 g/mol. The van der Waals surface area contributed by atoms with Crippen LogP contribution in [0.15, 0.2) is 41.0 Å². The molecule has 0 atom stereocenters. The number of ether oxygens (including phenoxy) is 1. The molecule has 2 heterocycles. The normalized spacial score (nSPS) is 12.8. The highest BCUT2D eigenvalue weighted by Gasteiger charge is 2.36. The van der Waals surface area contributed by atoms with Crippen molar-refractivity contribution in [3.05, 3.63) is 59.0 Å². The molecule has 0 saturated carbocycles. The van der Waals surface area contributed by atoms with Gasteiger partial charge in [-0.05, 0) is 36.8 Å². The summed E-state index contributed by atoms with van der Waals surface area (Å²) in [6.45, 7) is 2.13. The molecule has 8 heteroatoms. The second-order valence-corrected chi connectivity index (χ2v) is 6.32. The Hall–Kier alpha value is -3.42. The first-order valence-electron chi connectivity index (χ1n) is 8.97. The second-order valence-electron chi connectivity index (χ2n) is 6.32. The maximum Gasteiger partial charge on any atom is 0.338 e. The fourth-order valence-electron chi connectivity index (χ4n) is 2.79. The fraction of sp³-hybridized carbons (Fsp3) is 0.300. The summed E-state index contributed by atoms with van der Waals surface area (Å²) in [6, 6.07) is 7.46. The van der Waals surface area contributed by atoms with E-state index in [1.54, 1.807) is 12.1 Å². The number of nitrogens with zero attached hydrogens (tertiary/aromatic N) is 1. The minimum atomic E-state index is -0.738. The van der Waals surface area contributed by atoms with Crippen LogP contribution in [0.3, 0.4) is 0 Å². The predicted octanol–water partition coefficient (Wildman–Crippen LogP) is 2.15. The van der Waals surface area contributed by atoms with Crippen LogP contribution in [0.2, 0.25) is 0 Å². The van der Waals surface area contributed by atoms with E-state index in [9.17, 15) is 19.2 Å². The number of hydrogen-bond acceptors (Lipinski definition) is 6. The van der Waals surface area contributed by atoms with Crippen LogP contribution in [0, 0.1) is 0 Å². The first-order chi connectivity index (χ1) is 13.5. The van der Waals surface area contributed by atoms with Gasteiger partial charge in [0.05, 0.1) is 29.5 Å². The maximum atomic E-state index is 12.6. The number of esters is 1. The number of fused-ring (bicyclic) bond motifs is 1. The van der Waals surface area contributed by atoms with Crippen LogP contribution in [0.25, 0.3) is 0 Å². The number of nitrogens with one attached hydrogen (secondary N) is 1. The number of imide groups is 1. The average Bonchev–Trinajstić information content (AvgIpc) is 3.29. The monoisotopic (exact) mass is 384 g/mol. The maximum absolute atomic E-state index is 12.6. The Morgan fingerprint density at radius 3 is 2.64 bits per heavy atom. The Balaban J connectivity index is 1.65. The Morgan fingerprint density at radius 1 is 1.14 bits per heavy atom. The Kier molecular flexibility index (Phi) is 5.88. The van der Waals surface area contributed by atoms with E-state index < -0.39 is 24.4 Å². The Bertz CT molecular complexity index is 903. The molecule has 0 spiro atoms. The lowest BCUT2D eigenvalue weighted by Crippen LogP contribution is -2.29. The zero-order chi connectivity index (χ0) is 20.1. The molecule has 0 unspecified atom stereocenters.